The molecule has 1 rings (SSSR count). The van der Waals surface area contributed by atoms with Gasteiger partial charge in [0.2, 0.25) is 0 Å². The van der Waals surface area contributed by atoms with Gasteiger partial charge in [-0.05, 0) is 37.1 Å². The molecule has 2 nitrogen and oxygen atoms in total. The first-order chi connectivity index (χ1) is 6.76. The number of hydrogen-bond acceptors (Lipinski definition) is 1. The van der Waals surface area contributed by atoms with Gasteiger partial charge in [-0.3, -0.25) is 0 Å². The van der Waals surface area contributed by atoms with Crippen LogP contribution in [-0.2, 0) is 6.42 Å². The van der Waals surface area contributed by atoms with Gasteiger partial charge in [0, 0.05) is 11.9 Å². The van der Waals surface area contributed by atoms with Crippen molar-refractivity contribution in [3.05, 3.63) is 41.7 Å². The second kappa shape index (κ2) is 5.32. The second-order valence-electron chi connectivity index (χ2n) is 3.17. The van der Waals surface area contributed by atoms with Crippen molar-refractivity contribution in [2.75, 3.05) is 7.11 Å². The minimum absolute atomic E-state index is 0.868. The molecule has 0 amide bonds. The van der Waals surface area contributed by atoms with Crippen molar-refractivity contribution in [2.45, 2.75) is 20.3 Å². The van der Waals surface area contributed by atoms with E-state index in [1.807, 2.05) is 31.3 Å². The third-order valence-electron chi connectivity index (χ3n) is 2.09. The predicted molar refractivity (Wildman–Crippen MR) is 59.1 cm³/mol. The summed E-state index contributed by atoms with van der Waals surface area (Å²) in [5, 5.41) is 0. The Labute approximate surface area is 85.3 Å². The molecular formula is C12H17NO. The minimum atomic E-state index is 0.868. The summed E-state index contributed by atoms with van der Waals surface area (Å²) in [5.74, 6) is 0.868. The Morgan fingerprint density at radius 3 is 2.57 bits per heavy atom. The van der Waals surface area contributed by atoms with Crippen molar-refractivity contribution in [2.24, 2.45) is 0 Å². The lowest BCUT2D eigenvalue weighted by Gasteiger charge is -1.93. The van der Waals surface area contributed by atoms with Gasteiger partial charge in [0.05, 0.1) is 7.11 Å². The van der Waals surface area contributed by atoms with Gasteiger partial charge in [0.15, 0.2) is 0 Å². The number of H-pyrrole nitrogens is 1. The number of aromatic amines is 1. The zero-order valence-electron chi connectivity index (χ0n) is 9.00. The van der Waals surface area contributed by atoms with Crippen molar-refractivity contribution in [1.29, 1.82) is 0 Å². The fourth-order valence-corrected chi connectivity index (χ4v) is 1.11. The monoisotopic (exact) mass is 191 g/mol. The third-order valence-corrected chi connectivity index (χ3v) is 2.09. The van der Waals surface area contributed by atoms with Crippen LogP contribution in [0.25, 0.3) is 0 Å². The first kappa shape index (κ1) is 10.6. The van der Waals surface area contributed by atoms with Gasteiger partial charge in [-0.15, -0.1) is 0 Å². The van der Waals surface area contributed by atoms with Crippen LogP contribution >= 0.6 is 0 Å². The topological polar surface area (TPSA) is 25.0 Å². The van der Waals surface area contributed by atoms with E-state index in [9.17, 15) is 0 Å². The number of hydrogen-bond donors (Lipinski definition) is 1. The summed E-state index contributed by atoms with van der Waals surface area (Å²) in [5.41, 5.74) is 2.36. The van der Waals surface area contributed by atoms with Gasteiger partial charge in [-0.1, -0.05) is 13.0 Å². The molecule has 0 radical (unpaired) electrons. The first-order valence-electron chi connectivity index (χ1n) is 4.82. The Morgan fingerprint density at radius 2 is 1.93 bits per heavy atom. The second-order valence-corrected chi connectivity index (χ2v) is 3.17. The fourth-order valence-electron chi connectivity index (χ4n) is 1.11. The molecule has 0 unspecified atom stereocenters. The molecule has 1 aromatic rings. The van der Waals surface area contributed by atoms with E-state index in [0.29, 0.717) is 0 Å². The number of rotatable bonds is 2. The predicted octanol–water partition coefficient (Wildman–Crippen LogP) is 3.02. The molecule has 14 heavy (non-hydrogen) atoms. The molecule has 1 heterocycles. The molecule has 0 fully saturated rings. The lowest BCUT2D eigenvalue weighted by molar-refractivity contribution is 0.415. The van der Waals surface area contributed by atoms with Crippen LogP contribution < -0.4 is 4.74 Å². The molecule has 0 aliphatic carbocycles. The molecule has 0 atom stereocenters. The van der Waals surface area contributed by atoms with Crippen LogP contribution in [-0.4, -0.2) is 12.1 Å². The maximum atomic E-state index is 5.20. The molecule has 0 bridgehead atoms. The Bertz CT molecular complexity index is 308. The summed E-state index contributed by atoms with van der Waals surface area (Å²) in [6, 6.07) is 7.99. The highest BCUT2D eigenvalue weighted by Crippen LogP contribution is 2.07. The summed E-state index contributed by atoms with van der Waals surface area (Å²) >= 11 is 0. The summed E-state index contributed by atoms with van der Waals surface area (Å²) in [4.78, 5) is 3.22. The number of nitrogens with one attached hydrogen (secondary N) is 1. The van der Waals surface area contributed by atoms with E-state index in [1.54, 1.807) is 7.11 Å². The van der Waals surface area contributed by atoms with Crippen molar-refractivity contribution >= 4 is 0 Å². The summed E-state index contributed by atoms with van der Waals surface area (Å²) in [6.07, 6.45) is 3.03. The van der Waals surface area contributed by atoms with Gasteiger partial charge in [0.1, 0.15) is 5.75 Å². The molecule has 76 valence electrons. The summed E-state index contributed by atoms with van der Waals surface area (Å²) in [7, 11) is 1.68. The largest absolute Gasteiger partial charge is 0.497 e. The number of methoxy groups -OCH3 is 1. The highest BCUT2D eigenvalue weighted by Gasteiger charge is 1.87. The Balaban J connectivity index is 3.27. The molecule has 0 spiro atoms. The smallest absolute Gasteiger partial charge is 0.118 e. The summed E-state index contributed by atoms with van der Waals surface area (Å²) in [6.45, 7) is 4.16. The minimum Gasteiger partial charge on any atom is -0.497 e. The standard InChI is InChI=1S/C12H17NO/c1-4-11-6-8-12(14-3)7-5-10(2)13-9-11/h5-9,13H,4H2,1-3H3. The van der Waals surface area contributed by atoms with E-state index >= 15 is 0 Å². The van der Waals surface area contributed by atoms with Gasteiger partial charge < -0.3 is 9.72 Å². The normalized spacial score (nSPS) is 9.36. The van der Waals surface area contributed by atoms with Crippen molar-refractivity contribution in [3.63, 3.8) is 0 Å². The lowest BCUT2D eigenvalue weighted by atomic mass is 10.2. The van der Waals surface area contributed by atoms with Crippen LogP contribution in [0.15, 0.2) is 30.5 Å². The van der Waals surface area contributed by atoms with Gasteiger partial charge in [0.25, 0.3) is 0 Å². The number of ether oxygens (including phenoxy) is 1. The fraction of sp³-hybridized carbons (Fsp3) is 0.333. The van der Waals surface area contributed by atoms with E-state index in [2.05, 4.69) is 18.0 Å². The van der Waals surface area contributed by atoms with E-state index in [1.165, 1.54) is 5.56 Å². The number of aromatic nitrogens is 1. The summed E-state index contributed by atoms with van der Waals surface area (Å²) < 4.78 is 5.20. The third kappa shape index (κ3) is 3.13. The molecule has 1 N–H and O–H groups in total. The van der Waals surface area contributed by atoms with E-state index in [0.717, 1.165) is 17.9 Å². The first-order valence-corrected chi connectivity index (χ1v) is 4.82. The van der Waals surface area contributed by atoms with Gasteiger partial charge in [-0.2, -0.15) is 0 Å². The van der Waals surface area contributed by atoms with Crippen molar-refractivity contribution in [3.8, 4) is 5.75 Å². The molecule has 0 saturated carbocycles. The lowest BCUT2D eigenvalue weighted by Crippen LogP contribution is -1.78. The average molecular weight is 191 g/mol. The van der Waals surface area contributed by atoms with Crippen molar-refractivity contribution < 1.29 is 4.74 Å². The van der Waals surface area contributed by atoms with E-state index in [-0.39, 0.29) is 0 Å². The Hall–Kier alpha value is -1.44. The highest BCUT2D eigenvalue weighted by molar-refractivity contribution is 5.22. The highest BCUT2D eigenvalue weighted by atomic mass is 16.5. The average Bonchev–Trinajstić information content (AvgIpc) is 2.29. The maximum Gasteiger partial charge on any atom is 0.118 e. The van der Waals surface area contributed by atoms with Gasteiger partial charge >= 0.3 is 0 Å². The SMILES string of the molecule is CCc1ccc(OC)ccc(C)[nH]c1. The molecule has 0 aliphatic heterocycles. The van der Waals surface area contributed by atoms with Gasteiger partial charge in [-0.25, -0.2) is 0 Å². The molecule has 0 aliphatic rings. The molecule has 2 heteroatoms. The van der Waals surface area contributed by atoms with Crippen LogP contribution in [0.1, 0.15) is 18.2 Å². The zero-order chi connectivity index (χ0) is 10.4. The van der Waals surface area contributed by atoms with Crippen LogP contribution in [0, 0.1) is 6.92 Å². The Kier molecular flexibility index (Phi) is 4.05. The van der Waals surface area contributed by atoms with E-state index in [4.69, 9.17) is 4.74 Å². The number of aryl methyl sites for hydroxylation is 2. The maximum absolute atomic E-state index is 5.20. The van der Waals surface area contributed by atoms with Crippen LogP contribution in [0.4, 0.5) is 0 Å². The molecule has 0 aromatic carbocycles. The van der Waals surface area contributed by atoms with Crippen LogP contribution in [0.5, 0.6) is 5.75 Å². The van der Waals surface area contributed by atoms with E-state index < -0.39 is 0 Å². The quantitative estimate of drug-likeness (QED) is 0.763. The molecular weight excluding hydrogens is 174 g/mol. The molecule has 1 aromatic heterocycles. The van der Waals surface area contributed by atoms with Crippen LogP contribution in [0.3, 0.4) is 0 Å². The zero-order valence-corrected chi connectivity index (χ0v) is 9.00. The molecule has 0 saturated heterocycles. The van der Waals surface area contributed by atoms with Crippen LogP contribution in [0.2, 0.25) is 0 Å². The van der Waals surface area contributed by atoms with Crippen molar-refractivity contribution in [1.82, 2.24) is 4.98 Å². The Morgan fingerprint density at radius 1 is 1.21 bits per heavy atom.